The van der Waals surface area contributed by atoms with Crippen molar-refractivity contribution in [3.8, 4) is 5.75 Å². The molecule has 1 heterocycles. The SMILES string of the molecule is CCn1c(CC(=O)Nc2ccccc2OC)nnc1SCC(=O)Nc1ccc(Cl)cc1C. The van der Waals surface area contributed by atoms with Gasteiger partial charge in [-0.05, 0) is 49.7 Å². The molecule has 0 atom stereocenters. The van der Waals surface area contributed by atoms with Gasteiger partial charge in [0.25, 0.3) is 0 Å². The van der Waals surface area contributed by atoms with Gasteiger partial charge >= 0.3 is 0 Å². The summed E-state index contributed by atoms with van der Waals surface area (Å²) in [6.07, 6.45) is 0.0512. The molecule has 10 heteroatoms. The van der Waals surface area contributed by atoms with Crippen LogP contribution in [0, 0.1) is 6.92 Å². The lowest BCUT2D eigenvalue weighted by Gasteiger charge is -2.11. The van der Waals surface area contributed by atoms with Crippen molar-refractivity contribution in [3.05, 3.63) is 58.9 Å². The number of nitrogens with zero attached hydrogens (tertiary/aromatic N) is 3. The minimum Gasteiger partial charge on any atom is -0.495 e. The average molecular weight is 474 g/mol. The molecule has 0 aliphatic heterocycles. The van der Waals surface area contributed by atoms with Crippen molar-refractivity contribution in [3.63, 3.8) is 0 Å². The zero-order valence-corrected chi connectivity index (χ0v) is 19.6. The quantitative estimate of drug-likeness (QED) is 0.452. The Kier molecular flexibility index (Phi) is 8.13. The fraction of sp³-hybridized carbons (Fsp3) is 0.273. The van der Waals surface area contributed by atoms with Crippen molar-refractivity contribution in [2.75, 3.05) is 23.5 Å². The fourth-order valence-electron chi connectivity index (χ4n) is 3.04. The van der Waals surface area contributed by atoms with Gasteiger partial charge in [-0.15, -0.1) is 10.2 Å². The van der Waals surface area contributed by atoms with Gasteiger partial charge in [-0.2, -0.15) is 0 Å². The van der Waals surface area contributed by atoms with E-state index < -0.39 is 0 Å². The van der Waals surface area contributed by atoms with E-state index in [1.54, 1.807) is 37.4 Å². The highest BCUT2D eigenvalue weighted by Gasteiger charge is 2.17. The Morgan fingerprint density at radius 2 is 1.84 bits per heavy atom. The van der Waals surface area contributed by atoms with Crippen LogP contribution in [0.4, 0.5) is 11.4 Å². The van der Waals surface area contributed by atoms with Crippen LogP contribution in [0.3, 0.4) is 0 Å². The van der Waals surface area contributed by atoms with Crippen LogP contribution < -0.4 is 15.4 Å². The van der Waals surface area contributed by atoms with E-state index in [4.69, 9.17) is 16.3 Å². The zero-order valence-electron chi connectivity index (χ0n) is 18.0. The number of carbonyl (C=O) groups excluding carboxylic acids is 2. The van der Waals surface area contributed by atoms with E-state index >= 15 is 0 Å². The van der Waals surface area contributed by atoms with E-state index in [1.807, 2.05) is 30.5 Å². The molecular weight excluding hydrogens is 450 g/mol. The Bertz CT molecular complexity index is 1120. The molecule has 3 aromatic rings. The third-order valence-electron chi connectivity index (χ3n) is 4.60. The number of amides is 2. The van der Waals surface area contributed by atoms with Crippen LogP contribution in [0.15, 0.2) is 47.6 Å². The van der Waals surface area contributed by atoms with Gasteiger partial charge in [0, 0.05) is 17.3 Å². The largest absolute Gasteiger partial charge is 0.495 e. The molecule has 0 fully saturated rings. The molecule has 168 valence electrons. The molecular formula is C22H24ClN5O3S. The van der Waals surface area contributed by atoms with Gasteiger partial charge in [-0.3, -0.25) is 9.59 Å². The van der Waals surface area contributed by atoms with Crippen LogP contribution in [-0.4, -0.2) is 39.4 Å². The Labute approximate surface area is 195 Å². The number of hydrogen-bond donors (Lipinski definition) is 2. The van der Waals surface area contributed by atoms with Gasteiger partial charge in [0.15, 0.2) is 5.16 Å². The minimum absolute atomic E-state index is 0.0512. The molecule has 0 aliphatic carbocycles. The first kappa shape index (κ1) is 23.6. The maximum absolute atomic E-state index is 12.5. The number of nitrogens with one attached hydrogen (secondary N) is 2. The monoisotopic (exact) mass is 473 g/mol. The molecule has 2 aromatic carbocycles. The number of anilines is 2. The summed E-state index contributed by atoms with van der Waals surface area (Å²) in [4.78, 5) is 24.9. The van der Waals surface area contributed by atoms with E-state index in [9.17, 15) is 9.59 Å². The number of thioether (sulfide) groups is 1. The Hall–Kier alpha value is -3.04. The molecule has 2 amide bonds. The predicted octanol–water partition coefficient (Wildman–Crippen LogP) is 4.18. The first-order valence-corrected chi connectivity index (χ1v) is 11.3. The Morgan fingerprint density at radius 3 is 2.56 bits per heavy atom. The van der Waals surface area contributed by atoms with Gasteiger partial charge < -0.3 is 19.9 Å². The van der Waals surface area contributed by atoms with Gasteiger partial charge in [-0.1, -0.05) is 35.5 Å². The third kappa shape index (κ3) is 6.02. The molecule has 1 aromatic heterocycles. The van der Waals surface area contributed by atoms with Gasteiger partial charge in [0.2, 0.25) is 11.8 Å². The standard InChI is InChI=1S/C22H24ClN5O3S/c1-4-28-19(12-20(29)25-17-7-5-6-8-18(17)31-3)26-27-22(28)32-13-21(30)24-16-10-9-15(23)11-14(16)2/h5-11H,4,12-13H2,1-3H3,(H,24,30)(H,25,29). The molecule has 0 saturated heterocycles. The summed E-state index contributed by atoms with van der Waals surface area (Å²) in [5.74, 6) is 0.867. The number of para-hydroxylation sites is 2. The number of ether oxygens (including phenoxy) is 1. The van der Waals surface area contributed by atoms with Crippen LogP contribution in [0.25, 0.3) is 0 Å². The number of halogens is 1. The Morgan fingerprint density at radius 1 is 1.09 bits per heavy atom. The summed E-state index contributed by atoms with van der Waals surface area (Å²) in [5.41, 5.74) is 2.19. The van der Waals surface area contributed by atoms with Crippen molar-refractivity contribution in [1.29, 1.82) is 0 Å². The van der Waals surface area contributed by atoms with Crippen LogP contribution in [0.1, 0.15) is 18.3 Å². The van der Waals surface area contributed by atoms with Gasteiger partial charge in [0.1, 0.15) is 11.6 Å². The molecule has 0 bridgehead atoms. The van der Waals surface area contributed by atoms with Gasteiger partial charge in [0.05, 0.1) is 25.0 Å². The highest BCUT2D eigenvalue weighted by Crippen LogP contribution is 2.24. The predicted molar refractivity (Wildman–Crippen MR) is 127 cm³/mol. The second-order valence-corrected chi connectivity index (χ2v) is 8.24. The normalized spacial score (nSPS) is 10.6. The van der Waals surface area contributed by atoms with Crippen LogP contribution in [0.2, 0.25) is 5.02 Å². The van der Waals surface area contributed by atoms with Crippen molar-refractivity contribution in [2.45, 2.75) is 32.0 Å². The molecule has 0 aliphatic rings. The Balaban J connectivity index is 1.60. The molecule has 8 nitrogen and oxygen atoms in total. The summed E-state index contributed by atoms with van der Waals surface area (Å²) in [6.45, 7) is 4.39. The number of aryl methyl sites for hydroxylation is 1. The van der Waals surface area contributed by atoms with Crippen LogP contribution >= 0.6 is 23.4 Å². The lowest BCUT2D eigenvalue weighted by Crippen LogP contribution is -2.18. The first-order valence-electron chi connectivity index (χ1n) is 9.95. The van der Waals surface area contributed by atoms with Crippen molar-refractivity contribution in [2.24, 2.45) is 0 Å². The zero-order chi connectivity index (χ0) is 23.1. The minimum atomic E-state index is -0.232. The molecule has 32 heavy (non-hydrogen) atoms. The van der Waals surface area contributed by atoms with Gasteiger partial charge in [-0.25, -0.2) is 0 Å². The van der Waals surface area contributed by atoms with Crippen molar-refractivity contribution in [1.82, 2.24) is 14.8 Å². The van der Waals surface area contributed by atoms with E-state index in [0.717, 1.165) is 5.56 Å². The number of carbonyl (C=O) groups is 2. The number of methoxy groups -OCH3 is 1. The number of benzene rings is 2. The highest BCUT2D eigenvalue weighted by atomic mass is 35.5. The molecule has 0 saturated carbocycles. The average Bonchev–Trinajstić information content (AvgIpc) is 3.15. The van der Waals surface area contributed by atoms with E-state index in [2.05, 4.69) is 20.8 Å². The van der Waals surface area contributed by atoms with E-state index in [-0.39, 0.29) is 24.0 Å². The smallest absolute Gasteiger partial charge is 0.234 e. The number of aromatic nitrogens is 3. The lowest BCUT2D eigenvalue weighted by molar-refractivity contribution is -0.116. The lowest BCUT2D eigenvalue weighted by atomic mass is 10.2. The summed E-state index contributed by atoms with van der Waals surface area (Å²) in [6, 6.07) is 12.5. The highest BCUT2D eigenvalue weighted by molar-refractivity contribution is 7.99. The summed E-state index contributed by atoms with van der Waals surface area (Å²) < 4.78 is 7.09. The summed E-state index contributed by atoms with van der Waals surface area (Å²) >= 11 is 7.22. The maximum atomic E-state index is 12.5. The van der Waals surface area contributed by atoms with Crippen LogP contribution in [0.5, 0.6) is 5.75 Å². The molecule has 3 rings (SSSR count). The summed E-state index contributed by atoms with van der Waals surface area (Å²) in [5, 5.41) is 15.2. The van der Waals surface area contributed by atoms with E-state index in [1.165, 1.54) is 11.8 Å². The third-order valence-corrected chi connectivity index (χ3v) is 5.81. The fourth-order valence-corrected chi connectivity index (χ4v) is 4.09. The molecule has 2 N–H and O–H groups in total. The van der Waals surface area contributed by atoms with Crippen molar-refractivity contribution < 1.29 is 14.3 Å². The topological polar surface area (TPSA) is 98.1 Å². The summed E-state index contributed by atoms with van der Waals surface area (Å²) in [7, 11) is 1.55. The van der Waals surface area contributed by atoms with Crippen molar-refractivity contribution >= 4 is 46.6 Å². The first-order chi connectivity index (χ1) is 15.4. The molecule has 0 spiro atoms. The molecule has 0 radical (unpaired) electrons. The molecule has 0 unspecified atom stereocenters. The maximum Gasteiger partial charge on any atom is 0.234 e. The van der Waals surface area contributed by atoms with Crippen LogP contribution in [-0.2, 0) is 22.6 Å². The number of rotatable bonds is 9. The van der Waals surface area contributed by atoms with E-state index in [0.29, 0.717) is 39.7 Å². The second-order valence-electron chi connectivity index (χ2n) is 6.86. The second kappa shape index (κ2) is 11.0. The number of hydrogen-bond acceptors (Lipinski definition) is 6.